The molecule has 1 heterocycles. The van der Waals surface area contributed by atoms with Gasteiger partial charge < -0.3 is 4.74 Å². The Kier molecular flexibility index (Phi) is 5.89. The fourth-order valence-corrected chi connectivity index (χ4v) is 4.49. The zero-order valence-corrected chi connectivity index (χ0v) is 15.2. The van der Waals surface area contributed by atoms with Gasteiger partial charge in [-0.25, -0.2) is 8.42 Å². The van der Waals surface area contributed by atoms with Crippen molar-refractivity contribution in [1.82, 2.24) is 9.21 Å². The SMILES string of the molecule is N#Cc1ccccc1S(=O)(=O)N1CCN(CCOc2ccccc2)CC1. The molecule has 0 radical (unpaired) electrons. The smallest absolute Gasteiger partial charge is 0.244 e. The summed E-state index contributed by atoms with van der Waals surface area (Å²) in [6.45, 7) is 3.42. The van der Waals surface area contributed by atoms with Crippen molar-refractivity contribution in [2.45, 2.75) is 4.90 Å². The van der Waals surface area contributed by atoms with Gasteiger partial charge in [0.05, 0.1) is 10.5 Å². The van der Waals surface area contributed by atoms with Gasteiger partial charge in [-0.15, -0.1) is 0 Å². The summed E-state index contributed by atoms with van der Waals surface area (Å²) in [5, 5.41) is 9.16. The summed E-state index contributed by atoms with van der Waals surface area (Å²) >= 11 is 0. The first-order valence-electron chi connectivity index (χ1n) is 8.51. The van der Waals surface area contributed by atoms with Gasteiger partial charge in [0.2, 0.25) is 10.0 Å². The number of nitrogens with zero attached hydrogens (tertiary/aromatic N) is 3. The van der Waals surface area contributed by atoms with E-state index in [1.165, 1.54) is 16.4 Å². The standard InChI is InChI=1S/C19H21N3O3S/c20-16-17-6-4-5-9-19(17)26(23,24)22-12-10-21(11-13-22)14-15-25-18-7-2-1-3-8-18/h1-9H,10-15H2. The summed E-state index contributed by atoms with van der Waals surface area (Å²) in [7, 11) is -3.64. The number of hydrogen-bond donors (Lipinski definition) is 0. The first-order valence-corrected chi connectivity index (χ1v) is 9.95. The van der Waals surface area contributed by atoms with Crippen LogP contribution in [0.4, 0.5) is 0 Å². The van der Waals surface area contributed by atoms with Crippen LogP contribution >= 0.6 is 0 Å². The molecule has 1 aliphatic rings. The Bertz CT molecular complexity index is 870. The fraction of sp³-hybridized carbons (Fsp3) is 0.316. The Balaban J connectivity index is 1.54. The minimum Gasteiger partial charge on any atom is -0.492 e. The van der Waals surface area contributed by atoms with Crippen molar-refractivity contribution in [3.8, 4) is 11.8 Å². The van der Waals surface area contributed by atoms with Crippen LogP contribution in [0.5, 0.6) is 5.75 Å². The van der Waals surface area contributed by atoms with Gasteiger partial charge in [0, 0.05) is 32.7 Å². The van der Waals surface area contributed by atoms with Crippen LogP contribution in [0.15, 0.2) is 59.5 Å². The van der Waals surface area contributed by atoms with Gasteiger partial charge in [0.25, 0.3) is 0 Å². The molecule has 2 aromatic carbocycles. The van der Waals surface area contributed by atoms with E-state index >= 15 is 0 Å². The number of benzene rings is 2. The average molecular weight is 371 g/mol. The average Bonchev–Trinajstić information content (AvgIpc) is 2.69. The highest BCUT2D eigenvalue weighted by Gasteiger charge is 2.30. The third kappa shape index (κ3) is 4.22. The summed E-state index contributed by atoms with van der Waals surface area (Å²) in [6.07, 6.45) is 0. The number of sulfonamides is 1. The van der Waals surface area contributed by atoms with E-state index in [4.69, 9.17) is 10.00 Å². The molecule has 136 valence electrons. The van der Waals surface area contributed by atoms with Crippen LogP contribution in [0, 0.1) is 11.3 Å². The molecule has 0 aromatic heterocycles. The Labute approximate surface area is 154 Å². The van der Waals surface area contributed by atoms with E-state index in [-0.39, 0.29) is 10.5 Å². The molecule has 26 heavy (non-hydrogen) atoms. The van der Waals surface area contributed by atoms with Crippen LogP contribution in [0.1, 0.15) is 5.56 Å². The topological polar surface area (TPSA) is 73.6 Å². The zero-order chi connectivity index (χ0) is 18.4. The van der Waals surface area contributed by atoms with Gasteiger partial charge in [-0.3, -0.25) is 4.90 Å². The van der Waals surface area contributed by atoms with Crippen LogP contribution in [-0.2, 0) is 10.0 Å². The van der Waals surface area contributed by atoms with Gasteiger partial charge in [-0.1, -0.05) is 30.3 Å². The number of hydrogen-bond acceptors (Lipinski definition) is 5. The van der Waals surface area contributed by atoms with Crippen LogP contribution in [0.25, 0.3) is 0 Å². The third-order valence-corrected chi connectivity index (χ3v) is 6.33. The number of para-hydroxylation sites is 1. The van der Waals surface area contributed by atoms with Gasteiger partial charge in [0.15, 0.2) is 0 Å². The molecule has 1 fully saturated rings. The van der Waals surface area contributed by atoms with Crippen LogP contribution in [0.2, 0.25) is 0 Å². The highest BCUT2D eigenvalue weighted by molar-refractivity contribution is 7.89. The summed E-state index contributed by atoms with van der Waals surface area (Å²) in [5.41, 5.74) is 0.186. The first kappa shape index (κ1) is 18.4. The van der Waals surface area contributed by atoms with Crippen molar-refractivity contribution in [2.24, 2.45) is 0 Å². The second-order valence-corrected chi connectivity index (χ2v) is 7.92. The lowest BCUT2D eigenvalue weighted by atomic mass is 10.2. The van der Waals surface area contributed by atoms with Gasteiger partial charge in [-0.2, -0.15) is 9.57 Å². The molecule has 1 aliphatic heterocycles. The maximum atomic E-state index is 12.8. The lowest BCUT2D eigenvalue weighted by molar-refractivity contribution is 0.159. The van der Waals surface area contributed by atoms with E-state index in [1.807, 2.05) is 36.4 Å². The highest BCUT2D eigenvalue weighted by atomic mass is 32.2. The number of nitriles is 1. The van der Waals surface area contributed by atoms with E-state index in [0.29, 0.717) is 32.8 Å². The predicted molar refractivity (Wildman–Crippen MR) is 98.3 cm³/mol. The quantitative estimate of drug-likeness (QED) is 0.776. The number of rotatable bonds is 6. The van der Waals surface area contributed by atoms with Gasteiger partial charge in [-0.05, 0) is 24.3 Å². The van der Waals surface area contributed by atoms with Crippen molar-refractivity contribution in [3.05, 3.63) is 60.2 Å². The van der Waals surface area contributed by atoms with Crippen molar-refractivity contribution in [2.75, 3.05) is 39.3 Å². The van der Waals surface area contributed by atoms with E-state index in [1.54, 1.807) is 12.1 Å². The summed E-state index contributed by atoms with van der Waals surface area (Å²) < 4.78 is 32.8. The molecule has 1 saturated heterocycles. The van der Waals surface area contributed by atoms with E-state index < -0.39 is 10.0 Å². The zero-order valence-electron chi connectivity index (χ0n) is 14.4. The first-order chi connectivity index (χ1) is 12.6. The van der Waals surface area contributed by atoms with Gasteiger partial charge in [0.1, 0.15) is 18.4 Å². The number of ether oxygens (including phenoxy) is 1. The molecule has 0 aliphatic carbocycles. The number of piperazine rings is 1. The summed E-state index contributed by atoms with van der Waals surface area (Å²) in [4.78, 5) is 2.27. The lowest BCUT2D eigenvalue weighted by Crippen LogP contribution is -2.49. The van der Waals surface area contributed by atoms with Crippen LogP contribution in [-0.4, -0.2) is 57.0 Å². The maximum absolute atomic E-state index is 12.8. The Hall–Kier alpha value is -2.40. The molecule has 7 heteroatoms. The summed E-state index contributed by atoms with van der Waals surface area (Å²) in [5.74, 6) is 0.835. The van der Waals surface area contributed by atoms with Gasteiger partial charge >= 0.3 is 0 Å². The second kappa shape index (κ2) is 8.32. The fourth-order valence-electron chi connectivity index (χ4n) is 2.93. The second-order valence-electron chi connectivity index (χ2n) is 6.02. The molecule has 3 rings (SSSR count). The van der Waals surface area contributed by atoms with Crippen LogP contribution < -0.4 is 4.74 Å². The third-order valence-electron chi connectivity index (χ3n) is 4.38. The largest absolute Gasteiger partial charge is 0.492 e. The van der Waals surface area contributed by atoms with E-state index in [9.17, 15) is 8.42 Å². The molecule has 6 nitrogen and oxygen atoms in total. The van der Waals surface area contributed by atoms with Crippen molar-refractivity contribution in [3.63, 3.8) is 0 Å². The molecule has 0 atom stereocenters. The summed E-state index contributed by atoms with van der Waals surface area (Å²) in [6, 6.07) is 17.9. The van der Waals surface area contributed by atoms with E-state index in [2.05, 4.69) is 4.90 Å². The Morgan fingerprint density at radius 3 is 2.31 bits per heavy atom. The Morgan fingerprint density at radius 2 is 1.62 bits per heavy atom. The molecule has 0 bridgehead atoms. The molecule has 0 N–H and O–H groups in total. The molecule has 0 spiro atoms. The van der Waals surface area contributed by atoms with Crippen molar-refractivity contribution in [1.29, 1.82) is 5.26 Å². The minimum atomic E-state index is -3.64. The minimum absolute atomic E-state index is 0.0864. The van der Waals surface area contributed by atoms with Crippen molar-refractivity contribution < 1.29 is 13.2 Å². The predicted octanol–water partition coefficient (Wildman–Crippen LogP) is 1.94. The highest BCUT2D eigenvalue weighted by Crippen LogP contribution is 2.21. The molecule has 0 saturated carbocycles. The molecule has 0 unspecified atom stereocenters. The van der Waals surface area contributed by atoms with E-state index in [0.717, 1.165) is 12.3 Å². The Morgan fingerprint density at radius 1 is 0.962 bits per heavy atom. The maximum Gasteiger partial charge on any atom is 0.244 e. The monoisotopic (exact) mass is 371 g/mol. The molecular weight excluding hydrogens is 350 g/mol. The van der Waals surface area contributed by atoms with Crippen LogP contribution in [0.3, 0.4) is 0 Å². The van der Waals surface area contributed by atoms with Crippen molar-refractivity contribution >= 4 is 10.0 Å². The molecular formula is C19H21N3O3S. The molecule has 0 amide bonds. The molecule has 2 aromatic rings. The lowest BCUT2D eigenvalue weighted by Gasteiger charge is -2.33. The normalized spacial score (nSPS) is 16.1.